The number of nitrogens with zero attached hydrogens (tertiary/aromatic N) is 3. The van der Waals surface area contributed by atoms with E-state index < -0.39 is 4.92 Å². The molecule has 1 aromatic heterocycles. The fourth-order valence-corrected chi connectivity index (χ4v) is 2.56. The Morgan fingerprint density at radius 3 is 2.95 bits per heavy atom. The zero-order chi connectivity index (χ0) is 14.7. The molecule has 7 nitrogen and oxygen atoms in total. The molecule has 0 aromatic carbocycles. The fraction of sp³-hybridized carbons (Fsp3) is 0.615. The minimum Gasteiger partial charge on any atom is -0.337 e. The number of likely N-dealkylation sites (tertiary alicyclic amines) is 1. The van der Waals surface area contributed by atoms with E-state index in [-0.39, 0.29) is 17.6 Å². The Bertz CT molecular complexity index is 512. The second-order valence-electron chi connectivity index (χ2n) is 5.19. The van der Waals surface area contributed by atoms with Crippen molar-refractivity contribution in [2.45, 2.75) is 38.8 Å². The fourth-order valence-electron chi connectivity index (χ4n) is 2.56. The van der Waals surface area contributed by atoms with Crippen LogP contribution in [0.2, 0.25) is 0 Å². The van der Waals surface area contributed by atoms with Gasteiger partial charge in [0.25, 0.3) is 11.6 Å². The van der Waals surface area contributed by atoms with E-state index in [2.05, 4.69) is 0 Å². The Hall–Kier alpha value is -1.89. The van der Waals surface area contributed by atoms with Crippen LogP contribution in [0.3, 0.4) is 0 Å². The number of rotatable bonds is 4. The summed E-state index contributed by atoms with van der Waals surface area (Å²) in [5, 5.41) is 10.9. The normalized spacial score (nSPS) is 19.1. The van der Waals surface area contributed by atoms with Crippen molar-refractivity contribution in [3.63, 3.8) is 0 Å². The van der Waals surface area contributed by atoms with Crippen molar-refractivity contribution in [2.24, 2.45) is 5.73 Å². The molecule has 1 fully saturated rings. The molecule has 1 aliphatic heterocycles. The van der Waals surface area contributed by atoms with Gasteiger partial charge in [-0.15, -0.1) is 0 Å². The first-order valence-corrected chi connectivity index (χ1v) is 6.92. The molecule has 2 rings (SSSR count). The van der Waals surface area contributed by atoms with E-state index in [4.69, 9.17) is 5.73 Å². The zero-order valence-electron chi connectivity index (χ0n) is 11.6. The lowest BCUT2D eigenvalue weighted by atomic mass is 10.1. The van der Waals surface area contributed by atoms with Crippen LogP contribution in [-0.2, 0) is 6.54 Å². The third-order valence-electron chi connectivity index (χ3n) is 3.52. The maximum absolute atomic E-state index is 12.5. The van der Waals surface area contributed by atoms with E-state index in [9.17, 15) is 14.9 Å². The number of carbonyl (C=O) groups excluding carboxylic acids is 1. The molecule has 20 heavy (non-hydrogen) atoms. The third kappa shape index (κ3) is 2.98. The van der Waals surface area contributed by atoms with E-state index >= 15 is 0 Å². The van der Waals surface area contributed by atoms with Crippen molar-refractivity contribution in [1.82, 2.24) is 9.47 Å². The van der Waals surface area contributed by atoms with Crippen molar-refractivity contribution in [2.75, 3.05) is 13.1 Å². The molecule has 2 N–H and O–H groups in total. The van der Waals surface area contributed by atoms with Crippen LogP contribution in [0, 0.1) is 10.1 Å². The van der Waals surface area contributed by atoms with Gasteiger partial charge in [-0.05, 0) is 19.3 Å². The number of aryl methyl sites for hydroxylation is 1. The molecule has 0 radical (unpaired) electrons. The standard InChI is InChI=1S/C13H20N4O3/c1-2-5-15-9-11(17(19)20)7-12(15)13(18)16-6-3-4-10(14)8-16/h7,9-10H,2-6,8,14H2,1H3/t10-/m1/s1. The van der Waals surface area contributed by atoms with Crippen LogP contribution in [0.4, 0.5) is 5.69 Å². The predicted molar refractivity (Wildman–Crippen MR) is 74.5 cm³/mol. The van der Waals surface area contributed by atoms with Crippen LogP contribution in [0.15, 0.2) is 12.3 Å². The quantitative estimate of drug-likeness (QED) is 0.665. The number of carbonyl (C=O) groups is 1. The molecule has 1 aromatic rings. The minimum atomic E-state index is -0.467. The third-order valence-corrected chi connectivity index (χ3v) is 3.52. The second-order valence-corrected chi connectivity index (χ2v) is 5.19. The van der Waals surface area contributed by atoms with E-state index in [1.165, 1.54) is 12.3 Å². The number of nitrogens with two attached hydrogens (primary N) is 1. The summed E-state index contributed by atoms with van der Waals surface area (Å²) < 4.78 is 1.67. The van der Waals surface area contributed by atoms with Gasteiger partial charge in [-0.1, -0.05) is 6.92 Å². The molecule has 1 aliphatic rings. The highest BCUT2D eigenvalue weighted by Gasteiger charge is 2.26. The van der Waals surface area contributed by atoms with Crippen LogP contribution in [0.1, 0.15) is 36.7 Å². The van der Waals surface area contributed by atoms with Gasteiger partial charge in [0.05, 0.1) is 11.1 Å². The average molecular weight is 280 g/mol. The van der Waals surface area contributed by atoms with Gasteiger partial charge in [0.1, 0.15) is 5.69 Å². The Morgan fingerprint density at radius 2 is 2.35 bits per heavy atom. The summed E-state index contributed by atoms with van der Waals surface area (Å²) in [7, 11) is 0. The summed E-state index contributed by atoms with van der Waals surface area (Å²) >= 11 is 0. The van der Waals surface area contributed by atoms with Crippen LogP contribution < -0.4 is 5.73 Å². The van der Waals surface area contributed by atoms with Crippen molar-refractivity contribution in [3.05, 3.63) is 28.1 Å². The van der Waals surface area contributed by atoms with Crippen molar-refractivity contribution in [1.29, 1.82) is 0 Å². The van der Waals surface area contributed by atoms with Crippen LogP contribution in [0.5, 0.6) is 0 Å². The molecular weight excluding hydrogens is 260 g/mol. The summed E-state index contributed by atoms with van der Waals surface area (Å²) in [5.41, 5.74) is 6.23. The molecular formula is C13H20N4O3. The highest BCUT2D eigenvalue weighted by molar-refractivity contribution is 5.93. The van der Waals surface area contributed by atoms with Gasteiger partial charge in [-0.25, -0.2) is 0 Å². The maximum Gasteiger partial charge on any atom is 0.287 e. The maximum atomic E-state index is 12.5. The van der Waals surface area contributed by atoms with E-state index in [1.54, 1.807) is 9.47 Å². The monoisotopic (exact) mass is 280 g/mol. The Labute approximate surface area is 117 Å². The number of hydrogen-bond donors (Lipinski definition) is 1. The first-order chi connectivity index (χ1) is 9.52. The molecule has 7 heteroatoms. The number of nitro groups is 1. The summed E-state index contributed by atoms with van der Waals surface area (Å²) in [6.45, 7) is 3.74. The average Bonchev–Trinajstić information content (AvgIpc) is 2.82. The van der Waals surface area contributed by atoms with Gasteiger partial charge >= 0.3 is 0 Å². The highest BCUT2D eigenvalue weighted by Crippen LogP contribution is 2.20. The van der Waals surface area contributed by atoms with Crippen LogP contribution in [0.25, 0.3) is 0 Å². The topological polar surface area (TPSA) is 94.4 Å². The lowest BCUT2D eigenvalue weighted by Crippen LogP contribution is -2.46. The number of hydrogen-bond acceptors (Lipinski definition) is 4. The van der Waals surface area contributed by atoms with Gasteiger partial charge in [0.2, 0.25) is 0 Å². The molecule has 1 amide bonds. The number of piperidine rings is 1. The van der Waals surface area contributed by atoms with Crippen molar-refractivity contribution < 1.29 is 9.72 Å². The van der Waals surface area contributed by atoms with Crippen molar-refractivity contribution >= 4 is 11.6 Å². The molecule has 2 heterocycles. The molecule has 0 spiro atoms. The van der Waals surface area contributed by atoms with Gasteiger partial charge in [0, 0.05) is 31.7 Å². The van der Waals surface area contributed by atoms with Gasteiger partial charge < -0.3 is 15.2 Å². The molecule has 0 bridgehead atoms. The van der Waals surface area contributed by atoms with Crippen LogP contribution in [-0.4, -0.2) is 39.4 Å². The van der Waals surface area contributed by atoms with E-state index in [1.807, 2.05) is 6.92 Å². The summed E-state index contributed by atoms with van der Waals surface area (Å²) in [5.74, 6) is -0.165. The highest BCUT2D eigenvalue weighted by atomic mass is 16.6. The van der Waals surface area contributed by atoms with Gasteiger partial charge in [-0.3, -0.25) is 14.9 Å². The summed E-state index contributed by atoms with van der Waals surface area (Å²) in [6.07, 6.45) is 4.04. The lowest BCUT2D eigenvalue weighted by molar-refractivity contribution is -0.384. The minimum absolute atomic E-state index is 0.00252. The lowest BCUT2D eigenvalue weighted by Gasteiger charge is -2.30. The summed E-state index contributed by atoms with van der Waals surface area (Å²) in [6, 6.07) is 1.36. The Morgan fingerprint density at radius 1 is 1.60 bits per heavy atom. The smallest absolute Gasteiger partial charge is 0.287 e. The van der Waals surface area contributed by atoms with Crippen molar-refractivity contribution in [3.8, 4) is 0 Å². The van der Waals surface area contributed by atoms with Gasteiger partial charge in [-0.2, -0.15) is 0 Å². The van der Waals surface area contributed by atoms with Gasteiger partial charge in [0.15, 0.2) is 0 Å². The first-order valence-electron chi connectivity index (χ1n) is 6.92. The van der Waals surface area contributed by atoms with E-state index in [0.29, 0.717) is 25.3 Å². The van der Waals surface area contributed by atoms with Crippen LogP contribution >= 0.6 is 0 Å². The predicted octanol–water partition coefficient (Wildman–Crippen LogP) is 1.37. The largest absolute Gasteiger partial charge is 0.337 e. The SMILES string of the molecule is CCCn1cc([N+](=O)[O-])cc1C(=O)N1CCC[C@@H](N)C1. The Kier molecular flexibility index (Phi) is 4.39. The molecule has 0 unspecified atom stereocenters. The Balaban J connectivity index is 2.25. The second kappa shape index (κ2) is 6.04. The zero-order valence-corrected chi connectivity index (χ0v) is 11.6. The molecule has 0 aliphatic carbocycles. The molecule has 0 saturated carbocycles. The molecule has 1 atom stereocenters. The van der Waals surface area contributed by atoms with E-state index in [0.717, 1.165) is 19.3 Å². The first kappa shape index (κ1) is 14.5. The molecule has 110 valence electrons. The number of amides is 1. The summed E-state index contributed by atoms with van der Waals surface area (Å²) in [4.78, 5) is 24.6. The molecule has 1 saturated heterocycles. The number of aromatic nitrogens is 1.